The van der Waals surface area contributed by atoms with Crippen molar-refractivity contribution in [3.05, 3.63) is 69.5 Å². The Hall–Kier alpha value is -3.91. The molecule has 0 bridgehead atoms. The molecular weight excluding hydrogens is 599 g/mol. The molecular formula is C26H27IN8O3. The van der Waals surface area contributed by atoms with Gasteiger partial charge in [-0.1, -0.05) is 11.2 Å². The molecule has 1 aliphatic heterocycles. The van der Waals surface area contributed by atoms with E-state index in [1.165, 1.54) is 0 Å². The number of hydrogen-bond acceptors (Lipinski definition) is 7. The van der Waals surface area contributed by atoms with Gasteiger partial charge in [0.15, 0.2) is 11.6 Å². The van der Waals surface area contributed by atoms with Gasteiger partial charge < -0.3 is 25.0 Å². The number of urea groups is 1. The van der Waals surface area contributed by atoms with Gasteiger partial charge in [0.2, 0.25) is 0 Å². The van der Waals surface area contributed by atoms with Crippen LogP contribution >= 0.6 is 22.6 Å². The van der Waals surface area contributed by atoms with Crippen molar-refractivity contribution in [1.29, 1.82) is 0 Å². The fourth-order valence-electron chi connectivity index (χ4n) is 4.09. The van der Waals surface area contributed by atoms with Crippen molar-refractivity contribution in [2.24, 2.45) is 0 Å². The van der Waals surface area contributed by atoms with E-state index in [0.29, 0.717) is 28.6 Å². The summed E-state index contributed by atoms with van der Waals surface area (Å²) in [6, 6.07) is 16.2. The molecule has 0 unspecified atom stereocenters. The molecule has 1 fully saturated rings. The zero-order valence-corrected chi connectivity index (χ0v) is 23.1. The summed E-state index contributed by atoms with van der Waals surface area (Å²) in [4.78, 5) is 29.7. The van der Waals surface area contributed by atoms with E-state index >= 15 is 0 Å². The summed E-state index contributed by atoms with van der Waals surface area (Å²) < 4.78 is 5.78. The fourth-order valence-corrected chi connectivity index (χ4v) is 4.74. The molecule has 1 saturated heterocycles. The van der Waals surface area contributed by atoms with Gasteiger partial charge in [-0.25, -0.2) is 4.79 Å². The third-order valence-electron chi connectivity index (χ3n) is 6.22. The van der Waals surface area contributed by atoms with Gasteiger partial charge >= 0.3 is 6.03 Å². The molecule has 38 heavy (non-hydrogen) atoms. The van der Waals surface area contributed by atoms with Gasteiger partial charge in [0.05, 0.1) is 11.4 Å². The fraction of sp³-hybridized carbons (Fsp3) is 0.231. The molecule has 0 aliphatic carbocycles. The van der Waals surface area contributed by atoms with Crippen LogP contribution in [0.3, 0.4) is 0 Å². The van der Waals surface area contributed by atoms with E-state index in [4.69, 9.17) is 4.52 Å². The van der Waals surface area contributed by atoms with Gasteiger partial charge in [-0.2, -0.15) is 5.10 Å². The van der Waals surface area contributed by atoms with Crippen molar-refractivity contribution in [2.75, 3.05) is 54.1 Å². The van der Waals surface area contributed by atoms with Gasteiger partial charge in [-0.15, -0.1) is 0 Å². The maximum atomic E-state index is 12.8. The number of anilines is 4. The number of nitrogens with zero attached hydrogens (tertiary/aromatic N) is 4. The Bertz CT molecular complexity index is 1440. The molecule has 0 radical (unpaired) electrons. The van der Waals surface area contributed by atoms with Crippen LogP contribution < -0.4 is 20.9 Å². The van der Waals surface area contributed by atoms with Crippen LogP contribution in [-0.4, -0.2) is 65.4 Å². The highest BCUT2D eigenvalue weighted by Crippen LogP contribution is 2.27. The lowest BCUT2D eigenvalue weighted by Crippen LogP contribution is -2.44. The minimum absolute atomic E-state index is 0.226. The molecule has 4 N–H and O–H groups in total. The molecule has 0 spiro atoms. The van der Waals surface area contributed by atoms with Crippen molar-refractivity contribution < 1.29 is 14.1 Å². The van der Waals surface area contributed by atoms with Crippen molar-refractivity contribution in [1.82, 2.24) is 20.3 Å². The second kappa shape index (κ2) is 11.2. The van der Waals surface area contributed by atoms with Crippen LogP contribution in [0.2, 0.25) is 0 Å². The van der Waals surface area contributed by atoms with Crippen molar-refractivity contribution >= 4 is 57.5 Å². The van der Waals surface area contributed by atoms with E-state index in [2.05, 4.69) is 70.7 Å². The normalized spacial score (nSPS) is 13.8. The molecule has 2 aromatic carbocycles. The summed E-state index contributed by atoms with van der Waals surface area (Å²) in [5.41, 5.74) is 3.92. The lowest BCUT2D eigenvalue weighted by Gasteiger charge is -2.34. The van der Waals surface area contributed by atoms with Gasteiger partial charge in [-0.3, -0.25) is 15.2 Å². The van der Waals surface area contributed by atoms with Crippen molar-refractivity contribution in [3.8, 4) is 11.3 Å². The third kappa shape index (κ3) is 6.14. The first-order chi connectivity index (χ1) is 18.3. The predicted molar refractivity (Wildman–Crippen MR) is 155 cm³/mol. The lowest BCUT2D eigenvalue weighted by molar-refractivity contribution is 0.102. The van der Waals surface area contributed by atoms with Gasteiger partial charge in [0, 0.05) is 58.7 Å². The maximum Gasteiger partial charge on any atom is 0.324 e. The standard InChI is InChI=1S/C26H27IN8O3/c1-16-13-24(33-38-16)30-26(37)28-21-8-5-18(14-20(21)27)22-15-23(32-31-22)29-25(36)17-3-6-19(7-4-17)35-11-9-34(2)10-12-35/h3-8,13-15H,9-12H2,1-2H3,(H2,28,30,33,37)(H2,29,31,32,36). The number of H-pyrrole nitrogens is 1. The zero-order chi connectivity index (χ0) is 26.6. The topological polar surface area (TPSA) is 131 Å². The number of aryl methyl sites for hydroxylation is 1. The Balaban J connectivity index is 1.19. The van der Waals surface area contributed by atoms with Crippen LogP contribution in [0.4, 0.5) is 27.8 Å². The highest BCUT2D eigenvalue weighted by molar-refractivity contribution is 14.1. The Morgan fingerprint density at radius 1 is 0.947 bits per heavy atom. The average Bonchev–Trinajstić information content (AvgIpc) is 3.54. The summed E-state index contributed by atoms with van der Waals surface area (Å²) >= 11 is 2.15. The number of amides is 3. The van der Waals surface area contributed by atoms with E-state index in [9.17, 15) is 9.59 Å². The minimum Gasteiger partial charge on any atom is -0.369 e. The Labute approximate surface area is 233 Å². The molecule has 196 valence electrons. The average molecular weight is 626 g/mol. The second-order valence-corrected chi connectivity index (χ2v) is 10.2. The zero-order valence-electron chi connectivity index (χ0n) is 20.9. The number of rotatable bonds is 6. The molecule has 3 heterocycles. The molecule has 11 nitrogen and oxygen atoms in total. The number of halogens is 1. The quantitative estimate of drug-likeness (QED) is 0.230. The number of hydrogen-bond donors (Lipinski definition) is 4. The van der Waals surface area contributed by atoms with Crippen LogP contribution in [0.15, 0.2) is 59.1 Å². The van der Waals surface area contributed by atoms with E-state index in [1.54, 1.807) is 25.1 Å². The molecule has 1 aliphatic rings. The molecule has 3 amide bonds. The molecule has 0 atom stereocenters. The highest BCUT2D eigenvalue weighted by atomic mass is 127. The third-order valence-corrected chi connectivity index (χ3v) is 7.11. The van der Waals surface area contributed by atoms with Crippen LogP contribution in [0.1, 0.15) is 16.1 Å². The maximum absolute atomic E-state index is 12.8. The molecule has 4 aromatic rings. The molecule has 0 saturated carbocycles. The van der Waals surface area contributed by atoms with E-state index in [0.717, 1.165) is 46.7 Å². The van der Waals surface area contributed by atoms with Crippen LogP contribution in [-0.2, 0) is 0 Å². The van der Waals surface area contributed by atoms with Crippen LogP contribution in [0.5, 0.6) is 0 Å². The van der Waals surface area contributed by atoms with Crippen molar-refractivity contribution in [3.63, 3.8) is 0 Å². The minimum atomic E-state index is -0.424. The number of piperazine rings is 1. The Kier molecular flexibility index (Phi) is 7.60. The summed E-state index contributed by atoms with van der Waals surface area (Å²) in [6.45, 7) is 5.76. The first kappa shape index (κ1) is 25.7. The molecule has 12 heteroatoms. The number of carbonyl (C=O) groups is 2. The SMILES string of the molecule is Cc1cc(NC(=O)Nc2ccc(-c3cc(NC(=O)c4ccc(N5CCN(C)CC5)cc4)n[nH]3)cc2I)no1. The summed E-state index contributed by atoms with van der Waals surface area (Å²) in [7, 11) is 2.13. The number of aromatic amines is 1. The first-order valence-electron chi connectivity index (χ1n) is 12.1. The van der Waals surface area contributed by atoms with E-state index in [1.807, 2.05) is 36.4 Å². The predicted octanol–water partition coefficient (Wildman–Crippen LogP) is 4.63. The lowest BCUT2D eigenvalue weighted by atomic mass is 10.1. The monoisotopic (exact) mass is 626 g/mol. The summed E-state index contributed by atoms with van der Waals surface area (Å²) in [5.74, 6) is 1.14. The number of benzene rings is 2. The largest absolute Gasteiger partial charge is 0.369 e. The molecule has 5 rings (SSSR count). The smallest absolute Gasteiger partial charge is 0.324 e. The number of likely N-dealkylation sites (N-methyl/N-ethyl adjacent to an activating group) is 1. The molecule has 2 aromatic heterocycles. The van der Waals surface area contributed by atoms with Crippen LogP contribution in [0.25, 0.3) is 11.3 Å². The number of nitrogens with one attached hydrogen (secondary N) is 4. The van der Waals surface area contributed by atoms with Crippen molar-refractivity contribution in [2.45, 2.75) is 6.92 Å². The Morgan fingerprint density at radius 3 is 2.39 bits per heavy atom. The van der Waals surface area contributed by atoms with Gasteiger partial charge in [-0.05, 0) is 73.0 Å². The first-order valence-corrected chi connectivity index (χ1v) is 13.1. The van der Waals surface area contributed by atoms with Gasteiger partial charge in [0.25, 0.3) is 5.91 Å². The number of carbonyl (C=O) groups excluding carboxylic acids is 2. The summed E-state index contributed by atoms with van der Waals surface area (Å²) in [6.07, 6.45) is 0. The second-order valence-electron chi connectivity index (χ2n) is 9.05. The van der Waals surface area contributed by atoms with Gasteiger partial charge in [0.1, 0.15) is 5.76 Å². The van der Waals surface area contributed by atoms with Crippen LogP contribution in [0, 0.1) is 10.5 Å². The highest BCUT2D eigenvalue weighted by Gasteiger charge is 2.16. The number of aromatic nitrogens is 3. The van der Waals surface area contributed by atoms with E-state index in [-0.39, 0.29) is 5.91 Å². The Morgan fingerprint density at radius 2 is 1.71 bits per heavy atom. The summed E-state index contributed by atoms with van der Waals surface area (Å²) in [5, 5.41) is 19.2. The van der Waals surface area contributed by atoms with E-state index < -0.39 is 6.03 Å².